The lowest BCUT2D eigenvalue weighted by atomic mass is 10.2. The van der Waals surface area contributed by atoms with Crippen molar-refractivity contribution in [3.05, 3.63) is 24.3 Å². The Hall–Kier alpha value is -1.26. The van der Waals surface area contributed by atoms with Crippen LogP contribution in [-0.4, -0.2) is 43.6 Å². The fourth-order valence-electron chi connectivity index (χ4n) is 2.20. The van der Waals surface area contributed by atoms with Gasteiger partial charge in [0.2, 0.25) is 0 Å². The summed E-state index contributed by atoms with van der Waals surface area (Å²) in [5.41, 5.74) is 1.06. The van der Waals surface area contributed by atoms with E-state index in [1.807, 2.05) is 38.1 Å². The molecule has 4 heteroatoms. The minimum atomic E-state index is -0.478. The van der Waals surface area contributed by atoms with Crippen LogP contribution >= 0.6 is 0 Å². The Morgan fingerprint density at radius 1 is 1.37 bits per heavy atom. The first kappa shape index (κ1) is 14.2. The van der Waals surface area contributed by atoms with E-state index in [4.69, 9.17) is 9.47 Å². The Kier molecular flexibility index (Phi) is 5.05. The molecule has 0 saturated heterocycles. The van der Waals surface area contributed by atoms with Crippen LogP contribution in [0.25, 0.3) is 0 Å². The summed E-state index contributed by atoms with van der Waals surface area (Å²) >= 11 is 0. The first-order chi connectivity index (χ1) is 9.16. The van der Waals surface area contributed by atoms with E-state index >= 15 is 0 Å². The fourth-order valence-corrected chi connectivity index (χ4v) is 2.20. The van der Waals surface area contributed by atoms with E-state index in [0.717, 1.165) is 31.0 Å². The van der Waals surface area contributed by atoms with Gasteiger partial charge in [-0.3, -0.25) is 0 Å². The summed E-state index contributed by atoms with van der Waals surface area (Å²) in [5, 5.41) is 10.1. The standard InChI is InChI=1S/C15H23NO3/c1-12(2)19-11-13(17)10-16-8-5-9-18-15-7-4-3-6-14(15)16/h3-4,6-7,12-13,17H,5,8-11H2,1-2H3. The van der Waals surface area contributed by atoms with E-state index in [9.17, 15) is 5.11 Å². The van der Waals surface area contributed by atoms with Crippen molar-refractivity contribution >= 4 is 5.69 Å². The number of aliphatic hydroxyl groups excluding tert-OH is 1. The summed E-state index contributed by atoms with van der Waals surface area (Å²) in [6.07, 6.45) is 0.634. The van der Waals surface area contributed by atoms with E-state index < -0.39 is 6.10 Å². The average molecular weight is 265 g/mol. The van der Waals surface area contributed by atoms with Crippen molar-refractivity contribution < 1.29 is 14.6 Å². The van der Waals surface area contributed by atoms with Crippen molar-refractivity contribution in [3.8, 4) is 5.75 Å². The second kappa shape index (κ2) is 6.78. The van der Waals surface area contributed by atoms with Gasteiger partial charge in [-0.2, -0.15) is 0 Å². The summed E-state index contributed by atoms with van der Waals surface area (Å²) < 4.78 is 11.2. The Balaban J connectivity index is 1.99. The van der Waals surface area contributed by atoms with Gasteiger partial charge in [0.05, 0.1) is 31.1 Å². The summed E-state index contributed by atoms with van der Waals surface area (Å²) in [6, 6.07) is 7.99. The minimum Gasteiger partial charge on any atom is -0.491 e. The number of β-amino-alcohol motifs (C(OH)–C–C–N with tert-alkyl or cyclic N) is 1. The van der Waals surface area contributed by atoms with Gasteiger partial charge in [-0.05, 0) is 32.4 Å². The third-order valence-corrected chi connectivity index (χ3v) is 3.09. The summed E-state index contributed by atoms with van der Waals surface area (Å²) in [4.78, 5) is 2.18. The number of hydrogen-bond donors (Lipinski definition) is 1. The molecule has 0 radical (unpaired) electrons. The van der Waals surface area contributed by atoms with Crippen molar-refractivity contribution in [1.29, 1.82) is 0 Å². The van der Waals surface area contributed by atoms with E-state index in [-0.39, 0.29) is 6.10 Å². The van der Waals surface area contributed by atoms with Crippen molar-refractivity contribution in [2.75, 3.05) is 31.2 Å². The van der Waals surface area contributed by atoms with Crippen LogP contribution < -0.4 is 9.64 Å². The summed E-state index contributed by atoms with van der Waals surface area (Å²) in [6.45, 7) is 6.52. The third-order valence-electron chi connectivity index (χ3n) is 3.09. The zero-order chi connectivity index (χ0) is 13.7. The Morgan fingerprint density at radius 3 is 2.95 bits per heavy atom. The van der Waals surface area contributed by atoms with Crippen molar-refractivity contribution in [1.82, 2.24) is 0 Å². The highest BCUT2D eigenvalue weighted by molar-refractivity contribution is 5.59. The minimum absolute atomic E-state index is 0.148. The maximum atomic E-state index is 10.1. The smallest absolute Gasteiger partial charge is 0.142 e. The Labute approximate surface area is 114 Å². The molecule has 0 bridgehead atoms. The number of rotatable bonds is 5. The van der Waals surface area contributed by atoms with Crippen molar-refractivity contribution in [2.45, 2.75) is 32.5 Å². The van der Waals surface area contributed by atoms with Crippen LogP contribution in [0.5, 0.6) is 5.75 Å². The van der Waals surface area contributed by atoms with Crippen LogP contribution in [0, 0.1) is 0 Å². The number of fused-ring (bicyclic) bond motifs is 1. The van der Waals surface area contributed by atoms with Crippen LogP contribution in [0.2, 0.25) is 0 Å². The van der Waals surface area contributed by atoms with Gasteiger partial charge in [0, 0.05) is 13.1 Å². The third kappa shape index (κ3) is 4.11. The largest absolute Gasteiger partial charge is 0.491 e. The van der Waals surface area contributed by atoms with Gasteiger partial charge in [0.1, 0.15) is 5.75 Å². The Morgan fingerprint density at radius 2 is 2.16 bits per heavy atom. The molecule has 0 fully saturated rings. The first-order valence-corrected chi connectivity index (χ1v) is 6.93. The highest BCUT2D eigenvalue weighted by Crippen LogP contribution is 2.30. The lowest BCUT2D eigenvalue weighted by Crippen LogP contribution is -2.36. The average Bonchev–Trinajstić information content (AvgIpc) is 2.59. The number of anilines is 1. The molecule has 1 N–H and O–H groups in total. The van der Waals surface area contributed by atoms with Crippen molar-refractivity contribution in [3.63, 3.8) is 0 Å². The van der Waals surface area contributed by atoms with Crippen LogP contribution in [0.4, 0.5) is 5.69 Å². The van der Waals surface area contributed by atoms with Crippen LogP contribution in [0.3, 0.4) is 0 Å². The van der Waals surface area contributed by atoms with Crippen LogP contribution in [-0.2, 0) is 4.74 Å². The SMILES string of the molecule is CC(C)OCC(O)CN1CCCOc2ccccc21. The van der Waals surface area contributed by atoms with E-state index in [1.54, 1.807) is 0 Å². The van der Waals surface area contributed by atoms with Crippen molar-refractivity contribution in [2.24, 2.45) is 0 Å². The molecule has 1 aromatic carbocycles. The first-order valence-electron chi connectivity index (χ1n) is 6.93. The van der Waals surface area contributed by atoms with Gasteiger partial charge < -0.3 is 19.5 Å². The van der Waals surface area contributed by atoms with Crippen LogP contribution in [0.15, 0.2) is 24.3 Å². The molecule has 106 valence electrons. The monoisotopic (exact) mass is 265 g/mol. The molecule has 0 spiro atoms. The lowest BCUT2D eigenvalue weighted by molar-refractivity contribution is 0.00891. The molecule has 0 amide bonds. The maximum Gasteiger partial charge on any atom is 0.142 e. The number of ether oxygens (including phenoxy) is 2. The second-order valence-corrected chi connectivity index (χ2v) is 5.15. The second-order valence-electron chi connectivity index (χ2n) is 5.15. The molecule has 2 rings (SSSR count). The number of para-hydroxylation sites is 2. The number of aliphatic hydroxyl groups is 1. The molecule has 0 aromatic heterocycles. The molecule has 1 aliphatic heterocycles. The number of hydrogen-bond acceptors (Lipinski definition) is 4. The highest BCUT2D eigenvalue weighted by Gasteiger charge is 2.18. The molecular weight excluding hydrogens is 242 g/mol. The fraction of sp³-hybridized carbons (Fsp3) is 0.600. The van der Waals surface area contributed by atoms with Gasteiger partial charge in [0.15, 0.2) is 0 Å². The van der Waals surface area contributed by atoms with Gasteiger partial charge in [-0.15, -0.1) is 0 Å². The van der Waals surface area contributed by atoms with Crippen LogP contribution in [0.1, 0.15) is 20.3 Å². The maximum absolute atomic E-state index is 10.1. The molecule has 1 aromatic rings. The van der Waals surface area contributed by atoms with E-state index in [0.29, 0.717) is 13.2 Å². The molecule has 1 atom stereocenters. The zero-order valence-electron chi connectivity index (χ0n) is 11.7. The zero-order valence-corrected chi connectivity index (χ0v) is 11.7. The summed E-state index contributed by atoms with van der Waals surface area (Å²) in [7, 11) is 0. The summed E-state index contributed by atoms with van der Waals surface area (Å²) in [5.74, 6) is 0.900. The van der Waals surface area contributed by atoms with Gasteiger partial charge in [0.25, 0.3) is 0 Å². The molecule has 19 heavy (non-hydrogen) atoms. The molecule has 4 nitrogen and oxygen atoms in total. The topological polar surface area (TPSA) is 41.9 Å². The number of benzene rings is 1. The van der Waals surface area contributed by atoms with E-state index in [2.05, 4.69) is 4.90 Å². The van der Waals surface area contributed by atoms with Gasteiger partial charge in [-0.1, -0.05) is 12.1 Å². The molecule has 0 saturated carbocycles. The molecule has 1 aliphatic rings. The van der Waals surface area contributed by atoms with E-state index in [1.165, 1.54) is 0 Å². The Bertz CT molecular complexity index is 395. The highest BCUT2D eigenvalue weighted by atomic mass is 16.5. The quantitative estimate of drug-likeness (QED) is 0.885. The molecule has 0 aliphatic carbocycles. The normalized spacial score (nSPS) is 16.7. The van der Waals surface area contributed by atoms with Gasteiger partial charge >= 0.3 is 0 Å². The predicted molar refractivity (Wildman–Crippen MR) is 75.9 cm³/mol. The van der Waals surface area contributed by atoms with Gasteiger partial charge in [-0.25, -0.2) is 0 Å². The molecule has 1 heterocycles. The number of nitrogens with zero attached hydrogens (tertiary/aromatic N) is 1. The predicted octanol–water partition coefficient (Wildman–Crippen LogP) is 2.06. The lowest BCUT2D eigenvalue weighted by Gasteiger charge is -2.26. The molecular formula is C15H23NO3. The molecule has 1 unspecified atom stereocenters.